The molecule has 0 atom stereocenters. The molecule has 0 aliphatic rings. The average Bonchev–Trinajstić information content (AvgIpc) is 2.47. The molecule has 21 heavy (non-hydrogen) atoms. The lowest BCUT2D eigenvalue weighted by Crippen LogP contribution is -1.90. The molecule has 1 N–H and O–H groups in total. The Morgan fingerprint density at radius 2 is 2.10 bits per heavy atom. The highest BCUT2D eigenvalue weighted by Gasteiger charge is 2.05. The number of hydrogen-bond donors (Lipinski definition) is 1. The van der Waals surface area contributed by atoms with Crippen molar-refractivity contribution in [1.82, 2.24) is 4.98 Å². The van der Waals surface area contributed by atoms with Gasteiger partial charge >= 0.3 is 5.97 Å². The number of carbonyl (C=O) groups is 1. The minimum Gasteiger partial charge on any atom is -0.497 e. The van der Waals surface area contributed by atoms with E-state index in [-0.39, 0.29) is 0 Å². The maximum absolute atomic E-state index is 10.5. The van der Waals surface area contributed by atoms with Gasteiger partial charge < -0.3 is 14.6 Å². The van der Waals surface area contributed by atoms with Gasteiger partial charge in [-0.3, -0.25) is 4.98 Å². The molecule has 0 unspecified atom stereocenters. The zero-order valence-corrected chi connectivity index (χ0v) is 12.7. The summed E-state index contributed by atoms with van der Waals surface area (Å²) in [5.41, 5.74) is 0.638. The van der Waals surface area contributed by atoms with Crippen molar-refractivity contribution in [3.8, 4) is 17.2 Å². The Kier molecular flexibility index (Phi) is 4.94. The van der Waals surface area contributed by atoms with E-state index >= 15 is 0 Å². The summed E-state index contributed by atoms with van der Waals surface area (Å²) in [5.74, 6) is 0.815. The van der Waals surface area contributed by atoms with Crippen molar-refractivity contribution in [2.24, 2.45) is 0 Å². The van der Waals surface area contributed by atoms with Gasteiger partial charge in [-0.25, -0.2) is 4.79 Å². The van der Waals surface area contributed by atoms with Crippen molar-refractivity contribution in [2.75, 3.05) is 7.11 Å². The molecule has 2 aromatic rings. The molecule has 0 fully saturated rings. The maximum Gasteiger partial charge on any atom is 0.328 e. The van der Waals surface area contributed by atoms with Crippen molar-refractivity contribution in [2.45, 2.75) is 0 Å². The number of hydrogen-bond acceptors (Lipinski definition) is 4. The second-order valence-corrected chi connectivity index (χ2v) is 4.88. The van der Waals surface area contributed by atoms with E-state index in [0.29, 0.717) is 22.8 Å². The van der Waals surface area contributed by atoms with Crippen LogP contribution >= 0.6 is 15.9 Å². The molecular formula is C15H12BrNO4. The molecule has 1 aromatic carbocycles. The van der Waals surface area contributed by atoms with Crippen LogP contribution in [-0.4, -0.2) is 23.2 Å². The summed E-state index contributed by atoms with van der Waals surface area (Å²) in [4.78, 5) is 14.5. The number of carboxylic acids is 1. The van der Waals surface area contributed by atoms with Crippen molar-refractivity contribution < 1.29 is 19.4 Å². The summed E-state index contributed by atoms with van der Waals surface area (Å²) >= 11 is 3.40. The van der Waals surface area contributed by atoms with Gasteiger partial charge in [-0.2, -0.15) is 0 Å². The molecule has 108 valence electrons. The van der Waals surface area contributed by atoms with E-state index in [1.165, 1.54) is 6.08 Å². The molecule has 0 amide bonds. The Morgan fingerprint density at radius 3 is 2.76 bits per heavy atom. The third-order valence-corrected chi connectivity index (χ3v) is 3.14. The van der Waals surface area contributed by atoms with E-state index < -0.39 is 5.97 Å². The van der Waals surface area contributed by atoms with Crippen LogP contribution in [0.3, 0.4) is 0 Å². The Labute approximate surface area is 130 Å². The third-order valence-electron chi connectivity index (χ3n) is 2.52. The number of methoxy groups -OCH3 is 1. The first-order valence-corrected chi connectivity index (χ1v) is 6.75. The van der Waals surface area contributed by atoms with Gasteiger partial charge in [0.2, 0.25) is 0 Å². The topological polar surface area (TPSA) is 68.7 Å². The number of halogens is 1. The highest BCUT2D eigenvalue weighted by atomic mass is 79.9. The van der Waals surface area contributed by atoms with E-state index in [9.17, 15) is 4.79 Å². The third kappa shape index (κ3) is 4.32. The Bertz CT molecular complexity index is 685. The van der Waals surface area contributed by atoms with E-state index in [1.54, 1.807) is 43.8 Å². The molecule has 0 aliphatic carbocycles. The van der Waals surface area contributed by atoms with Crippen LogP contribution in [0.1, 0.15) is 5.56 Å². The molecule has 1 aromatic heterocycles. The first-order chi connectivity index (χ1) is 10.1. The molecule has 2 rings (SSSR count). The van der Waals surface area contributed by atoms with Crippen molar-refractivity contribution in [1.29, 1.82) is 0 Å². The highest BCUT2D eigenvalue weighted by molar-refractivity contribution is 9.10. The van der Waals surface area contributed by atoms with Gasteiger partial charge in [-0.15, -0.1) is 0 Å². The van der Waals surface area contributed by atoms with Crippen LogP contribution in [0.15, 0.2) is 47.2 Å². The molecular weight excluding hydrogens is 338 g/mol. The van der Waals surface area contributed by atoms with Crippen LogP contribution in [0, 0.1) is 0 Å². The summed E-state index contributed by atoms with van der Waals surface area (Å²) in [5, 5.41) is 8.61. The van der Waals surface area contributed by atoms with Gasteiger partial charge in [0.15, 0.2) is 0 Å². The largest absolute Gasteiger partial charge is 0.497 e. The predicted octanol–water partition coefficient (Wildman–Crippen LogP) is 3.74. The Morgan fingerprint density at radius 1 is 1.29 bits per heavy atom. The first kappa shape index (κ1) is 15.1. The number of benzene rings is 1. The number of rotatable bonds is 5. The van der Waals surface area contributed by atoms with Crippen LogP contribution in [0.2, 0.25) is 0 Å². The van der Waals surface area contributed by atoms with Gasteiger partial charge in [0.1, 0.15) is 17.2 Å². The lowest BCUT2D eigenvalue weighted by atomic mass is 10.2. The molecule has 5 nitrogen and oxygen atoms in total. The average molecular weight is 350 g/mol. The number of aliphatic carboxylic acids is 1. The van der Waals surface area contributed by atoms with Crippen LogP contribution in [-0.2, 0) is 4.79 Å². The van der Waals surface area contributed by atoms with Gasteiger partial charge in [0.25, 0.3) is 0 Å². The number of carboxylic acid groups (broad SMARTS) is 1. The van der Waals surface area contributed by atoms with Crippen molar-refractivity contribution in [3.05, 3.63) is 52.8 Å². The summed E-state index contributed by atoms with van der Waals surface area (Å²) < 4.78 is 11.6. The fourth-order valence-electron chi connectivity index (χ4n) is 1.57. The summed E-state index contributed by atoms with van der Waals surface area (Å²) in [7, 11) is 1.59. The van der Waals surface area contributed by atoms with Gasteiger partial charge in [-0.1, -0.05) is 0 Å². The summed E-state index contributed by atoms with van der Waals surface area (Å²) in [6, 6.07) is 7.03. The van der Waals surface area contributed by atoms with Crippen molar-refractivity contribution in [3.63, 3.8) is 0 Å². The quantitative estimate of drug-likeness (QED) is 0.832. The summed E-state index contributed by atoms with van der Waals surface area (Å²) in [6.07, 6.45) is 5.60. The number of nitrogens with zero attached hydrogens (tertiary/aromatic N) is 1. The highest BCUT2D eigenvalue weighted by Crippen LogP contribution is 2.32. The number of aromatic nitrogens is 1. The van der Waals surface area contributed by atoms with Crippen molar-refractivity contribution >= 4 is 28.0 Å². The monoisotopic (exact) mass is 349 g/mol. The number of pyridine rings is 1. The zero-order chi connectivity index (χ0) is 15.2. The Hall–Kier alpha value is -2.34. The van der Waals surface area contributed by atoms with Crippen LogP contribution in [0.5, 0.6) is 17.2 Å². The van der Waals surface area contributed by atoms with Crippen LogP contribution in [0.4, 0.5) is 0 Å². The number of ether oxygens (including phenoxy) is 2. The van der Waals surface area contributed by atoms with E-state index in [2.05, 4.69) is 20.9 Å². The van der Waals surface area contributed by atoms with Gasteiger partial charge in [0, 0.05) is 12.3 Å². The van der Waals surface area contributed by atoms with Gasteiger partial charge in [-0.05, 0) is 51.8 Å². The molecule has 0 aliphatic heterocycles. The predicted molar refractivity (Wildman–Crippen MR) is 81.7 cm³/mol. The molecule has 0 bridgehead atoms. The molecule has 0 spiro atoms. The van der Waals surface area contributed by atoms with Crippen LogP contribution < -0.4 is 9.47 Å². The first-order valence-electron chi connectivity index (χ1n) is 5.96. The van der Waals surface area contributed by atoms with E-state index in [4.69, 9.17) is 14.6 Å². The molecule has 6 heteroatoms. The molecule has 0 radical (unpaired) electrons. The Balaban J connectivity index is 2.20. The summed E-state index contributed by atoms with van der Waals surface area (Å²) in [6.45, 7) is 0. The maximum atomic E-state index is 10.5. The van der Waals surface area contributed by atoms with Crippen LogP contribution in [0.25, 0.3) is 6.08 Å². The van der Waals surface area contributed by atoms with E-state index in [1.807, 2.05) is 0 Å². The lowest BCUT2D eigenvalue weighted by Gasteiger charge is -2.09. The standard InChI is InChI=1S/C15H12BrNO4/c1-20-11-3-4-14(13(16)7-11)21-12-6-10(8-17-9-12)2-5-15(18)19/h2-9H,1H3,(H,18,19)/b5-2+. The molecule has 1 heterocycles. The normalized spacial score (nSPS) is 10.6. The second kappa shape index (κ2) is 6.90. The smallest absolute Gasteiger partial charge is 0.328 e. The van der Waals surface area contributed by atoms with Gasteiger partial charge in [0.05, 0.1) is 17.8 Å². The SMILES string of the molecule is COc1ccc(Oc2cncc(/C=C/C(=O)O)c2)c(Br)c1. The minimum absolute atomic E-state index is 0.508. The second-order valence-electron chi connectivity index (χ2n) is 4.02. The minimum atomic E-state index is -1.01. The molecule has 0 saturated heterocycles. The lowest BCUT2D eigenvalue weighted by molar-refractivity contribution is -0.131. The van der Waals surface area contributed by atoms with E-state index in [0.717, 1.165) is 10.5 Å². The zero-order valence-electron chi connectivity index (χ0n) is 11.1. The fraction of sp³-hybridized carbons (Fsp3) is 0.0667. The molecule has 0 saturated carbocycles. The fourth-order valence-corrected chi connectivity index (χ4v) is 2.01.